The highest BCUT2D eigenvalue weighted by Crippen LogP contribution is 2.30. The van der Waals surface area contributed by atoms with Gasteiger partial charge in [-0.05, 0) is 67.8 Å². The zero-order chi connectivity index (χ0) is 25.3. The third-order valence-electron chi connectivity index (χ3n) is 5.63. The van der Waals surface area contributed by atoms with Crippen molar-refractivity contribution in [2.75, 3.05) is 0 Å². The molecule has 0 radical (unpaired) electrons. The van der Waals surface area contributed by atoms with Crippen molar-refractivity contribution in [1.82, 2.24) is 15.6 Å². The summed E-state index contributed by atoms with van der Waals surface area (Å²) in [6.45, 7) is 1.08. The van der Waals surface area contributed by atoms with E-state index in [1.807, 2.05) is 0 Å². The molecule has 2 aromatic carbocycles. The zero-order valence-corrected chi connectivity index (χ0v) is 18.5. The number of nitrogens with one attached hydrogen (secondary N) is 2. The number of amides is 2. The van der Waals surface area contributed by atoms with Gasteiger partial charge in [-0.25, -0.2) is 8.78 Å². The lowest BCUT2D eigenvalue weighted by molar-refractivity contribution is -0.137. The van der Waals surface area contributed by atoms with Crippen LogP contribution in [0, 0.1) is 18.6 Å². The molecule has 0 unspecified atom stereocenters. The van der Waals surface area contributed by atoms with E-state index >= 15 is 0 Å². The average Bonchev–Trinajstić information content (AvgIpc) is 3.63. The van der Waals surface area contributed by atoms with Gasteiger partial charge < -0.3 is 10.6 Å². The van der Waals surface area contributed by atoms with Crippen LogP contribution >= 0.6 is 0 Å². The molecule has 2 N–H and O–H groups in total. The van der Waals surface area contributed by atoms with Crippen molar-refractivity contribution in [3.63, 3.8) is 0 Å². The Morgan fingerprint density at radius 2 is 1.71 bits per heavy atom. The van der Waals surface area contributed by atoms with E-state index in [-0.39, 0.29) is 34.2 Å². The van der Waals surface area contributed by atoms with E-state index in [9.17, 15) is 31.5 Å². The molecule has 182 valence electrons. The van der Waals surface area contributed by atoms with Gasteiger partial charge in [0, 0.05) is 35.5 Å². The highest BCUT2D eigenvalue weighted by molar-refractivity contribution is 5.96. The molecule has 0 bridgehead atoms. The fourth-order valence-corrected chi connectivity index (χ4v) is 3.42. The lowest BCUT2D eigenvalue weighted by Gasteiger charge is -2.12. The fourth-order valence-electron chi connectivity index (χ4n) is 3.42. The molecule has 0 atom stereocenters. The number of carbonyl (C=O) groups is 2. The monoisotopic (exact) mass is 489 g/mol. The van der Waals surface area contributed by atoms with Crippen LogP contribution in [0.3, 0.4) is 0 Å². The van der Waals surface area contributed by atoms with Crippen molar-refractivity contribution in [3.05, 3.63) is 88.1 Å². The molecule has 10 heteroatoms. The maximum atomic E-state index is 14.5. The number of alkyl halides is 3. The summed E-state index contributed by atoms with van der Waals surface area (Å²) in [5.41, 5.74) is -0.136. The predicted octanol–water partition coefficient (Wildman–Crippen LogP) is 5.18. The number of benzene rings is 2. The van der Waals surface area contributed by atoms with Crippen molar-refractivity contribution in [2.45, 2.75) is 38.5 Å². The highest BCUT2D eigenvalue weighted by Gasteiger charge is 2.31. The zero-order valence-electron chi connectivity index (χ0n) is 18.5. The number of carbonyl (C=O) groups excluding carboxylic acids is 2. The molecule has 1 aliphatic rings. The van der Waals surface area contributed by atoms with Crippen LogP contribution in [0.25, 0.3) is 11.3 Å². The number of halogens is 5. The molecule has 1 fully saturated rings. The van der Waals surface area contributed by atoms with E-state index in [1.165, 1.54) is 24.4 Å². The summed E-state index contributed by atoms with van der Waals surface area (Å²) >= 11 is 0. The van der Waals surface area contributed by atoms with Gasteiger partial charge >= 0.3 is 6.18 Å². The van der Waals surface area contributed by atoms with Gasteiger partial charge in [0.25, 0.3) is 11.8 Å². The minimum absolute atomic E-state index is 0.0712. The Balaban J connectivity index is 1.49. The molecule has 5 nitrogen and oxygen atoms in total. The second kappa shape index (κ2) is 9.44. The van der Waals surface area contributed by atoms with Gasteiger partial charge in [-0.1, -0.05) is 0 Å². The molecule has 3 aromatic rings. The summed E-state index contributed by atoms with van der Waals surface area (Å²) in [7, 11) is 0. The number of nitrogens with zero attached hydrogens (tertiary/aromatic N) is 1. The fraction of sp³-hybridized carbons (Fsp3) is 0.240. The van der Waals surface area contributed by atoms with Crippen LogP contribution in [0.15, 0.2) is 48.7 Å². The van der Waals surface area contributed by atoms with E-state index < -0.39 is 35.8 Å². The molecule has 0 spiro atoms. The van der Waals surface area contributed by atoms with Crippen molar-refractivity contribution in [2.24, 2.45) is 0 Å². The lowest BCUT2D eigenvalue weighted by atomic mass is 10.00. The van der Waals surface area contributed by atoms with E-state index in [0.29, 0.717) is 29.5 Å². The molecule has 35 heavy (non-hydrogen) atoms. The standard InChI is InChI=1S/C25H20F5N3O2/c1-13-19(9-15(10-21(13)27)24(35)33-18-4-5-18)22-7-2-14(11-31-22)23(34)32-12-16-8-17(25(28,29)30)3-6-20(16)26/h2-3,6-11,18H,4-5,12H2,1H3,(H,32,34)(H,33,35). The molecule has 1 saturated carbocycles. The number of pyridine rings is 1. The largest absolute Gasteiger partial charge is 0.416 e. The highest BCUT2D eigenvalue weighted by atomic mass is 19.4. The second-order valence-electron chi connectivity index (χ2n) is 8.30. The van der Waals surface area contributed by atoms with Gasteiger partial charge in [0.2, 0.25) is 0 Å². The molecule has 1 aliphatic carbocycles. The Morgan fingerprint density at radius 1 is 0.971 bits per heavy atom. The number of hydrogen-bond acceptors (Lipinski definition) is 3. The van der Waals surface area contributed by atoms with Crippen LogP contribution in [-0.2, 0) is 12.7 Å². The van der Waals surface area contributed by atoms with Gasteiger partial charge in [0.1, 0.15) is 11.6 Å². The van der Waals surface area contributed by atoms with E-state index in [2.05, 4.69) is 15.6 Å². The average molecular weight is 489 g/mol. The minimum Gasteiger partial charge on any atom is -0.349 e. The van der Waals surface area contributed by atoms with Crippen LogP contribution in [-0.4, -0.2) is 22.8 Å². The van der Waals surface area contributed by atoms with Crippen LogP contribution < -0.4 is 10.6 Å². The Bertz CT molecular complexity index is 1290. The van der Waals surface area contributed by atoms with E-state index in [0.717, 1.165) is 18.9 Å². The number of hydrogen-bond donors (Lipinski definition) is 2. The molecular formula is C25H20F5N3O2. The molecule has 2 amide bonds. The van der Waals surface area contributed by atoms with Gasteiger partial charge in [-0.2, -0.15) is 13.2 Å². The third kappa shape index (κ3) is 5.64. The third-order valence-corrected chi connectivity index (χ3v) is 5.63. The quantitative estimate of drug-likeness (QED) is 0.469. The second-order valence-corrected chi connectivity index (χ2v) is 8.30. The van der Waals surface area contributed by atoms with Gasteiger partial charge in [0.15, 0.2) is 0 Å². The summed E-state index contributed by atoms with van der Waals surface area (Å²) in [4.78, 5) is 28.9. The normalized spacial score (nSPS) is 13.4. The van der Waals surface area contributed by atoms with Gasteiger partial charge in [0.05, 0.1) is 16.8 Å². The minimum atomic E-state index is -4.64. The molecule has 0 saturated heterocycles. The molecule has 4 rings (SSSR count). The van der Waals surface area contributed by atoms with Gasteiger partial charge in [-0.15, -0.1) is 0 Å². The Kier molecular flexibility index (Phi) is 6.56. The Hall–Kier alpha value is -3.82. The van der Waals surface area contributed by atoms with Crippen LogP contribution in [0.4, 0.5) is 22.0 Å². The van der Waals surface area contributed by atoms with E-state index in [1.54, 1.807) is 6.92 Å². The first-order valence-electron chi connectivity index (χ1n) is 10.7. The SMILES string of the molecule is Cc1c(F)cc(C(=O)NC2CC2)cc1-c1ccc(C(=O)NCc2cc(C(F)(F)F)ccc2F)cn1. The number of aromatic nitrogens is 1. The van der Waals surface area contributed by atoms with Gasteiger partial charge in [-0.3, -0.25) is 14.6 Å². The topological polar surface area (TPSA) is 71.1 Å². The molecule has 1 aromatic heterocycles. The van der Waals surface area contributed by atoms with Crippen molar-refractivity contribution in [1.29, 1.82) is 0 Å². The summed E-state index contributed by atoms with van der Waals surface area (Å²) in [6.07, 6.45) is -1.65. The van der Waals surface area contributed by atoms with Crippen LogP contribution in [0.1, 0.15) is 50.2 Å². The molecule has 0 aliphatic heterocycles. The smallest absolute Gasteiger partial charge is 0.349 e. The predicted molar refractivity (Wildman–Crippen MR) is 117 cm³/mol. The van der Waals surface area contributed by atoms with E-state index in [4.69, 9.17) is 0 Å². The Labute approximate surface area is 197 Å². The first kappa shape index (κ1) is 24.3. The van der Waals surface area contributed by atoms with Crippen molar-refractivity contribution >= 4 is 11.8 Å². The van der Waals surface area contributed by atoms with Crippen LogP contribution in [0.2, 0.25) is 0 Å². The van der Waals surface area contributed by atoms with Crippen LogP contribution in [0.5, 0.6) is 0 Å². The first-order chi connectivity index (χ1) is 16.5. The van der Waals surface area contributed by atoms with Crippen molar-refractivity contribution in [3.8, 4) is 11.3 Å². The summed E-state index contributed by atoms with van der Waals surface area (Å²) < 4.78 is 66.9. The maximum absolute atomic E-state index is 14.5. The maximum Gasteiger partial charge on any atom is 0.416 e. The molecule has 1 heterocycles. The summed E-state index contributed by atoms with van der Waals surface area (Å²) in [5.74, 6) is -2.52. The first-order valence-corrected chi connectivity index (χ1v) is 10.7. The lowest BCUT2D eigenvalue weighted by Crippen LogP contribution is -2.25. The molecular weight excluding hydrogens is 469 g/mol. The summed E-state index contributed by atoms with van der Waals surface area (Å²) in [5, 5.41) is 5.16. The number of rotatable bonds is 6. The van der Waals surface area contributed by atoms with Crippen molar-refractivity contribution < 1.29 is 31.5 Å². The summed E-state index contributed by atoms with van der Waals surface area (Å²) in [6, 6.07) is 7.61. The Morgan fingerprint density at radius 3 is 2.34 bits per heavy atom.